The van der Waals surface area contributed by atoms with Gasteiger partial charge < -0.3 is 5.32 Å². The quantitative estimate of drug-likeness (QED) is 0.783. The first kappa shape index (κ1) is 11.2. The fourth-order valence-electron chi connectivity index (χ4n) is 1.93. The molecular weight excluding hydrogens is 244 g/mol. The van der Waals surface area contributed by atoms with E-state index >= 15 is 0 Å². The lowest BCUT2D eigenvalue weighted by Gasteiger charge is -2.07. The molecule has 0 spiro atoms. The topological polar surface area (TPSA) is 42.2 Å². The minimum absolute atomic E-state index is 0.874. The van der Waals surface area contributed by atoms with Gasteiger partial charge in [-0.2, -0.15) is 14.0 Å². The molecule has 0 radical (unpaired) electrons. The van der Waals surface area contributed by atoms with Crippen molar-refractivity contribution < 1.29 is 0 Å². The van der Waals surface area contributed by atoms with Crippen molar-refractivity contribution >= 4 is 28.0 Å². The van der Waals surface area contributed by atoms with Crippen LogP contribution in [0.25, 0.3) is 5.65 Å². The van der Waals surface area contributed by atoms with E-state index in [0.717, 1.165) is 28.6 Å². The van der Waals surface area contributed by atoms with Crippen molar-refractivity contribution in [1.82, 2.24) is 14.0 Å². The van der Waals surface area contributed by atoms with Crippen LogP contribution in [0.5, 0.6) is 0 Å². The largest absolute Gasteiger partial charge is 0.330 e. The molecule has 3 aromatic rings. The molecule has 92 valence electrons. The molecule has 2 aromatic heterocycles. The van der Waals surface area contributed by atoms with E-state index in [-0.39, 0.29) is 0 Å². The summed E-state index contributed by atoms with van der Waals surface area (Å²) >= 11 is 1.52. The molecule has 2 heterocycles. The first-order valence-corrected chi connectivity index (χ1v) is 6.72. The highest BCUT2D eigenvalue weighted by Crippen LogP contribution is 2.24. The van der Waals surface area contributed by atoms with E-state index in [0.29, 0.717) is 0 Å². The maximum atomic E-state index is 4.51. The summed E-state index contributed by atoms with van der Waals surface area (Å²) in [5.41, 5.74) is 4.30. The summed E-state index contributed by atoms with van der Waals surface area (Å²) in [7, 11) is 0. The molecule has 3 rings (SSSR count). The third kappa shape index (κ3) is 1.97. The molecule has 1 N–H and O–H groups in total. The summed E-state index contributed by atoms with van der Waals surface area (Å²) in [6.07, 6.45) is 1.00. The zero-order chi connectivity index (χ0) is 12.5. The number of benzene rings is 1. The van der Waals surface area contributed by atoms with Crippen LogP contribution in [-0.4, -0.2) is 14.0 Å². The number of hydrogen-bond donors (Lipinski definition) is 1. The molecule has 0 atom stereocenters. The molecule has 0 aliphatic heterocycles. The Hall–Kier alpha value is -1.88. The van der Waals surface area contributed by atoms with Crippen LogP contribution in [0, 0.1) is 6.92 Å². The number of hydrogen-bond acceptors (Lipinski definition) is 4. The molecule has 0 fully saturated rings. The molecule has 0 aliphatic rings. The summed E-state index contributed by atoms with van der Waals surface area (Å²) in [4.78, 5) is 4.51. The predicted octanol–water partition coefficient (Wildman–Crippen LogP) is 3.41. The van der Waals surface area contributed by atoms with Crippen LogP contribution >= 0.6 is 11.5 Å². The number of aryl methyl sites for hydroxylation is 2. The lowest BCUT2D eigenvalue weighted by Crippen LogP contribution is -1.94. The second kappa shape index (κ2) is 4.42. The van der Waals surface area contributed by atoms with Crippen molar-refractivity contribution in [3.8, 4) is 0 Å². The summed E-state index contributed by atoms with van der Waals surface area (Å²) < 4.78 is 1.84. The van der Waals surface area contributed by atoms with Crippen LogP contribution in [0.4, 0.5) is 10.8 Å². The fourth-order valence-corrected chi connectivity index (χ4v) is 2.74. The SMILES string of the molecule is CCc1ccccc1Nc1nc2cc(C)nn2s1. The Morgan fingerprint density at radius 1 is 1.33 bits per heavy atom. The average Bonchev–Trinajstić information content (AvgIpc) is 2.86. The highest BCUT2D eigenvalue weighted by atomic mass is 32.1. The fraction of sp³-hybridized carbons (Fsp3) is 0.231. The van der Waals surface area contributed by atoms with Gasteiger partial charge in [-0.1, -0.05) is 25.1 Å². The number of nitrogens with zero attached hydrogens (tertiary/aromatic N) is 3. The zero-order valence-electron chi connectivity index (χ0n) is 10.3. The van der Waals surface area contributed by atoms with Crippen LogP contribution in [0.1, 0.15) is 18.2 Å². The number of anilines is 2. The van der Waals surface area contributed by atoms with E-state index in [1.807, 2.05) is 23.0 Å². The Bertz CT molecular complexity index is 652. The van der Waals surface area contributed by atoms with Gasteiger partial charge in [-0.15, -0.1) is 0 Å². The zero-order valence-corrected chi connectivity index (χ0v) is 11.2. The molecular formula is C13H14N4S. The highest BCUT2D eigenvalue weighted by Gasteiger charge is 2.07. The van der Waals surface area contributed by atoms with E-state index in [1.54, 1.807) is 0 Å². The summed E-state index contributed by atoms with van der Waals surface area (Å²) in [5, 5.41) is 8.59. The Kier molecular flexibility index (Phi) is 2.76. The van der Waals surface area contributed by atoms with E-state index in [1.165, 1.54) is 17.1 Å². The molecule has 0 aliphatic carbocycles. The van der Waals surface area contributed by atoms with Gasteiger partial charge >= 0.3 is 0 Å². The highest BCUT2D eigenvalue weighted by molar-refractivity contribution is 7.10. The monoisotopic (exact) mass is 258 g/mol. The van der Waals surface area contributed by atoms with Gasteiger partial charge in [-0.3, -0.25) is 0 Å². The van der Waals surface area contributed by atoms with Gasteiger partial charge in [0.25, 0.3) is 0 Å². The van der Waals surface area contributed by atoms with Gasteiger partial charge in [0.2, 0.25) is 5.13 Å². The molecule has 18 heavy (non-hydrogen) atoms. The van der Waals surface area contributed by atoms with Crippen molar-refractivity contribution in [2.75, 3.05) is 5.32 Å². The number of para-hydroxylation sites is 1. The second-order valence-electron chi connectivity index (χ2n) is 4.16. The minimum atomic E-state index is 0.874. The summed E-state index contributed by atoms with van der Waals surface area (Å²) in [5.74, 6) is 0. The first-order valence-electron chi connectivity index (χ1n) is 5.95. The van der Waals surface area contributed by atoms with Crippen LogP contribution in [0.3, 0.4) is 0 Å². The molecule has 1 aromatic carbocycles. The van der Waals surface area contributed by atoms with E-state index in [4.69, 9.17) is 0 Å². The third-order valence-electron chi connectivity index (χ3n) is 2.81. The van der Waals surface area contributed by atoms with Crippen LogP contribution in [-0.2, 0) is 6.42 Å². The smallest absolute Gasteiger partial charge is 0.207 e. The van der Waals surface area contributed by atoms with Crippen molar-refractivity contribution in [3.63, 3.8) is 0 Å². The summed E-state index contributed by atoms with van der Waals surface area (Å²) in [6.45, 7) is 4.12. The maximum Gasteiger partial charge on any atom is 0.207 e. The van der Waals surface area contributed by atoms with Crippen molar-refractivity contribution in [2.45, 2.75) is 20.3 Å². The lowest BCUT2D eigenvalue weighted by molar-refractivity contribution is 1.02. The lowest BCUT2D eigenvalue weighted by atomic mass is 10.1. The van der Waals surface area contributed by atoms with Gasteiger partial charge in [-0.05, 0) is 25.0 Å². The number of rotatable bonds is 3. The third-order valence-corrected chi connectivity index (χ3v) is 3.62. The van der Waals surface area contributed by atoms with Crippen molar-refractivity contribution in [1.29, 1.82) is 0 Å². The van der Waals surface area contributed by atoms with E-state index in [9.17, 15) is 0 Å². The number of aromatic nitrogens is 3. The maximum absolute atomic E-state index is 4.51. The summed E-state index contributed by atoms with van der Waals surface area (Å²) in [6, 6.07) is 10.3. The van der Waals surface area contributed by atoms with Gasteiger partial charge in [0, 0.05) is 23.3 Å². The molecule has 5 heteroatoms. The predicted molar refractivity (Wildman–Crippen MR) is 74.7 cm³/mol. The Labute approximate surface area is 109 Å². The van der Waals surface area contributed by atoms with Crippen molar-refractivity contribution in [2.24, 2.45) is 0 Å². The first-order chi connectivity index (χ1) is 8.76. The van der Waals surface area contributed by atoms with Crippen LogP contribution in [0.15, 0.2) is 30.3 Å². The van der Waals surface area contributed by atoms with Gasteiger partial charge in [0.15, 0.2) is 5.65 Å². The van der Waals surface area contributed by atoms with E-state index < -0.39 is 0 Å². The van der Waals surface area contributed by atoms with Crippen LogP contribution < -0.4 is 5.32 Å². The average molecular weight is 258 g/mol. The molecule has 0 saturated heterocycles. The molecule has 4 nitrogen and oxygen atoms in total. The van der Waals surface area contributed by atoms with Gasteiger partial charge in [0.1, 0.15) is 0 Å². The minimum Gasteiger partial charge on any atom is -0.330 e. The van der Waals surface area contributed by atoms with Crippen LogP contribution in [0.2, 0.25) is 0 Å². The standard InChI is InChI=1S/C13H14N4S/c1-3-10-6-4-5-7-11(10)14-13-15-12-8-9(2)16-17(12)18-13/h4-8H,3H2,1-2H3,(H,14,15). The van der Waals surface area contributed by atoms with Gasteiger partial charge in [-0.25, -0.2) is 0 Å². The molecule has 0 unspecified atom stereocenters. The molecule has 0 saturated carbocycles. The Morgan fingerprint density at radius 3 is 2.94 bits per heavy atom. The van der Waals surface area contributed by atoms with E-state index in [2.05, 4.69) is 40.5 Å². The normalized spacial score (nSPS) is 11.0. The molecule has 0 bridgehead atoms. The van der Waals surface area contributed by atoms with Gasteiger partial charge in [0.05, 0.1) is 5.69 Å². The number of fused-ring (bicyclic) bond motifs is 1. The van der Waals surface area contributed by atoms with Crippen molar-refractivity contribution in [3.05, 3.63) is 41.6 Å². The molecule has 0 amide bonds. The second-order valence-corrected chi connectivity index (χ2v) is 5.08. The number of nitrogens with one attached hydrogen (secondary N) is 1. The Balaban J connectivity index is 1.93. The Morgan fingerprint density at radius 2 is 2.17 bits per heavy atom.